The van der Waals surface area contributed by atoms with Crippen LogP contribution >= 0.6 is 0 Å². The molecule has 1 aliphatic carbocycles. The molecule has 194 valence electrons. The van der Waals surface area contributed by atoms with Crippen LogP contribution in [0.5, 0.6) is 5.75 Å². The molecule has 3 aliphatic rings. The average molecular weight is 507 g/mol. The summed E-state index contributed by atoms with van der Waals surface area (Å²) in [6, 6.07) is 25.7. The fourth-order valence-electron chi connectivity index (χ4n) is 6.50. The van der Waals surface area contributed by atoms with Crippen molar-refractivity contribution < 1.29 is 9.53 Å². The van der Waals surface area contributed by atoms with Crippen molar-refractivity contribution in [3.8, 4) is 17.0 Å². The zero-order valence-electron chi connectivity index (χ0n) is 21.8. The Morgan fingerprint density at radius 1 is 0.974 bits per heavy atom. The fourth-order valence-corrected chi connectivity index (χ4v) is 6.50. The van der Waals surface area contributed by atoms with Crippen molar-refractivity contribution in [3.63, 3.8) is 0 Å². The second kappa shape index (κ2) is 9.59. The molecule has 1 amide bonds. The van der Waals surface area contributed by atoms with Gasteiger partial charge in [0.2, 0.25) is 0 Å². The van der Waals surface area contributed by atoms with Crippen LogP contribution in [0.4, 0.5) is 0 Å². The number of hydrogen-bond donors (Lipinski definition) is 2. The third-order valence-corrected chi connectivity index (χ3v) is 8.85. The van der Waals surface area contributed by atoms with Crippen molar-refractivity contribution in [1.29, 1.82) is 0 Å². The van der Waals surface area contributed by atoms with Crippen LogP contribution in [-0.2, 0) is 0 Å². The summed E-state index contributed by atoms with van der Waals surface area (Å²) in [5.41, 5.74) is 4.59. The molecule has 6 heteroatoms. The van der Waals surface area contributed by atoms with E-state index in [4.69, 9.17) is 4.74 Å². The number of ether oxygens (including phenoxy) is 1. The Morgan fingerprint density at radius 3 is 2.42 bits per heavy atom. The van der Waals surface area contributed by atoms with Crippen LogP contribution in [0.25, 0.3) is 22.2 Å². The van der Waals surface area contributed by atoms with E-state index < -0.39 is 0 Å². The lowest BCUT2D eigenvalue weighted by Gasteiger charge is -2.36. The summed E-state index contributed by atoms with van der Waals surface area (Å²) in [4.78, 5) is 15.9. The summed E-state index contributed by atoms with van der Waals surface area (Å²) in [6.07, 6.45) is 7.40. The topological polar surface area (TPSA) is 70.2 Å². The maximum Gasteiger partial charge on any atom is 0.251 e. The molecule has 7 rings (SSSR count). The third kappa shape index (κ3) is 4.47. The van der Waals surface area contributed by atoms with Gasteiger partial charge in [-0.05, 0) is 99.5 Å². The van der Waals surface area contributed by atoms with Crippen LogP contribution in [-0.4, -0.2) is 46.2 Å². The molecule has 2 N–H and O–H groups in total. The molecule has 38 heavy (non-hydrogen) atoms. The van der Waals surface area contributed by atoms with Crippen LogP contribution in [0.3, 0.4) is 0 Å². The van der Waals surface area contributed by atoms with Crippen LogP contribution in [0.2, 0.25) is 0 Å². The van der Waals surface area contributed by atoms with E-state index in [1.165, 1.54) is 18.4 Å². The molecular weight excluding hydrogens is 472 g/mol. The Balaban J connectivity index is 1.08. The molecule has 4 aromatic rings. The summed E-state index contributed by atoms with van der Waals surface area (Å²) in [5.74, 6) is 1.38. The molecule has 1 unspecified atom stereocenters. The van der Waals surface area contributed by atoms with Crippen molar-refractivity contribution in [2.75, 3.05) is 7.05 Å². The van der Waals surface area contributed by atoms with Gasteiger partial charge in [-0.15, -0.1) is 0 Å². The van der Waals surface area contributed by atoms with Gasteiger partial charge in [0.05, 0.1) is 17.3 Å². The monoisotopic (exact) mass is 506 g/mol. The summed E-state index contributed by atoms with van der Waals surface area (Å²) < 4.78 is 6.38. The molecule has 2 bridgehead atoms. The highest BCUT2D eigenvalue weighted by Gasteiger charge is 2.39. The van der Waals surface area contributed by atoms with Gasteiger partial charge < -0.3 is 15.0 Å². The Labute approximate surface area is 223 Å². The summed E-state index contributed by atoms with van der Waals surface area (Å²) >= 11 is 0. The molecule has 0 radical (unpaired) electrons. The number of nitrogens with zero attached hydrogens (tertiary/aromatic N) is 2. The van der Waals surface area contributed by atoms with Crippen molar-refractivity contribution >= 4 is 16.8 Å². The summed E-state index contributed by atoms with van der Waals surface area (Å²) in [6.45, 7) is 0. The minimum Gasteiger partial charge on any atom is -0.490 e. The van der Waals surface area contributed by atoms with Crippen LogP contribution in [0.1, 0.15) is 60.5 Å². The Hall–Kier alpha value is -3.64. The van der Waals surface area contributed by atoms with E-state index in [0.29, 0.717) is 23.6 Å². The highest BCUT2D eigenvalue weighted by atomic mass is 16.5. The van der Waals surface area contributed by atoms with Crippen molar-refractivity contribution in [1.82, 2.24) is 20.4 Å². The van der Waals surface area contributed by atoms with E-state index in [9.17, 15) is 4.79 Å². The second-order valence-electron chi connectivity index (χ2n) is 11.3. The van der Waals surface area contributed by atoms with Gasteiger partial charge in [-0.2, -0.15) is 5.10 Å². The molecule has 4 atom stereocenters. The van der Waals surface area contributed by atoms with Crippen LogP contribution in [0, 0.1) is 5.92 Å². The molecule has 2 aliphatic heterocycles. The van der Waals surface area contributed by atoms with Gasteiger partial charge in [-0.3, -0.25) is 9.89 Å². The molecule has 1 saturated carbocycles. The molecule has 1 aromatic heterocycles. The molecular formula is C32H34N4O2. The number of H-pyrrole nitrogens is 1. The Morgan fingerprint density at radius 2 is 1.71 bits per heavy atom. The number of carbonyl (C=O) groups excluding carboxylic acids is 1. The number of carbonyl (C=O) groups is 1. The van der Waals surface area contributed by atoms with Gasteiger partial charge >= 0.3 is 0 Å². The standard InChI is InChI=1S/C32H34N4O2/c1-36-24-12-13-25(36)19-27(18-24)38-26-14-9-22(10-15-26)31-28-17-23(11-16-29(28)34-35-31)32(37)33-30(21-7-8-21)20-5-3-2-4-6-20/h2-6,9-11,14-17,21,24-25,27,30H,7-8,12-13,18-19H2,1H3,(H,33,37)(H,34,35)/t24-,25+,27-,30?. The zero-order chi connectivity index (χ0) is 25.6. The molecule has 3 aromatic carbocycles. The van der Waals surface area contributed by atoms with E-state index in [1.54, 1.807) is 0 Å². The fraction of sp³-hybridized carbons (Fsp3) is 0.375. The number of rotatable bonds is 7. The maximum absolute atomic E-state index is 13.3. The first-order valence-corrected chi connectivity index (χ1v) is 14.0. The summed E-state index contributed by atoms with van der Waals surface area (Å²) in [5, 5.41) is 12.0. The number of nitrogens with one attached hydrogen (secondary N) is 2. The first kappa shape index (κ1) is 23.5. The summed E-state index contributed by atoms with van der Waals surface area (Å²) in [7, 11) is 2.26. The smallest absolute Gasteiger partial charge is 0.251 e. The van der Waals surface area contributed by atoms with E-state index in [2.05, 4.69) is 51.7 Å². The maximum atomic E-state index is 13.3. The van der Waals surface area contributed by atoms with E-state index in [0.717, 1.165) is 53.6 Å². The minimum atomic E-state index is -0.0457. The molecule has 3 heterocycles. The quantitative estimate of drug-likeness (QED) is 0.317. The number of aromatic nitrogens is 2. The first-order valence-electron chi connectivity index (χ1n) is 14.0. The number of fused-ring (bicyclic) bond motifs is 3. The van der Waals surface area contributed by atoms with Crippen molar-refractivity contribution in [2.45, 2.75) is 62.8 Å². The van der Waals surface area contributed by atoms with E-state index in [-0.39, 0.29) is 18.1 Å². The zero-order valence-corrected chi connectivity index (χ0v) is 21.8. The highest BCUT2D eigenvalue weighted by molar-refractivity contribution is 6.01. The number of aromatic amines is 1. The predicted octanol–water partition coefficient (Wildman–Crippen LogP) is 6.12. The SMILES string of the molecule is CN1[C@@H]2CC[C@H]1C[C@H](Oc1ccc(-c3n[nH]c4ccc(C(=O)NC(c5ccccc5)C5CC5)cc34)cc1)C2. The lowest BCUT2D eigenvalue weighted by Crippen LogP contribution is -2.43. The number of hydrogen-bond acceptors (Lipinski definition) is 4. The molecule has 2 saturated heterocycles. The second-order valence-corrected chi connectivity index (χ2v) is 11.3. The van der Waals surface area contributed by atoms with Crippen LogP contribution in [0.15, 0.2) is 72.8 Å². The van der Waals surface area contributed by atoms with Crippen molar-refractivity contribution in [2.24, 2.45) is 5.92 Å². The van der Waals surface area contributed by atoms with E-state index in [1.807, 2.05) is 48.5 Å². The lowest BCUT2D eigenvalue weighted by molar-refractivity contribution is 0.0662. The van der Waals surface area contributed by atoms with Crippen LogP contribution < -0.4 is 10.1 Å². The lowest BCUT2D eigenvalue weighted by atomic mass is 10.0. The number of amides is 1. The first-order chi connectivity index (χ1) is 18.6. The normalized spacial score (nSPS) is 23.9. The average Bonchev–Trinajstić information content (AvgIpc) is 3.67. The highest BCUT2D eigenvalue weighted by Crippen LogP contribution is 2.41. The Kier molecular flexibility index (Phi) is 5.92. The Bertz CT molecular complexity index is 1430. The largest absolute Gasteiger partial charge is 0.490 e. The number of benzene rings is 3. The molecule has 3 fully saturated rings. The van der Waals surface area contributed by atoms with Gasteiger partial charge in [0.25, 0.3) is 5.91 Å². The third-order valence-electron chi connectivity index (χ3n) is 8.85. The van der Waals surface area contributed by atoms with Gasteiger partial charge in [0.15, 0.2) is 0 Å². The van der Waals surface area contributed by atoms with Gasteiger partial charge in [0, 0.05) is 28.6 Å². The molecule has 6 nitrogen and oxygen atoms in total. The van der Waals surface area contributed by atoms with Gasteiger partial charge in [0.1, 0.15) is 11.9 Å². The predicted molar refractivity (Wildman–Crippen MR) is 149 cm³/mol. The van der Waals surface area contributed by atoms with Gasteiger partial charge in [-0.25, -0.2) is 0 Å². The molecule has 0 spiro atoms. The van der Waals surface area contributed by atoms with E-state index >= 15 is 0 Å². The van der Waals surface area contributed by atoms with Gasteiger partial charge in [-0.1, -0.05) is 30.3 Å². The minimum absolute atomic E-state index is 0.0457. The number of piperidine rings is 1. The van der Waals surface area contributed by atoms with Crippen molar-refractivity contribution in [3.05, 3.63) is 83.9 Å².